The quantitative estimate of drug-likeness (QED) is 0.379. The van der Waals surface area contributed by atoms with Crippen LogP contribution in [0.25, 0.3) is 0 Å². The Morgan fingerprint density at radius 3 is 2.33 bits per heavy atom. The predicted octanol–water partition coefficient (Wildman–Crippen LogP) is -0.446. The molecule has 0 radical (unpaired) electrons. The lowest BCUT2D eigenvalue weighted by Gasteiger charge is -2.05. The van der Waals surface area contributed by atoms with Crippen molar-refractivity contribution in [1.82, 2.24) is 0 Å². The summed E-state index contributed by atoms with van der Waals surface area (Å²) < 4.78 is 10.5. The number of aliphatic hydroxyl groups excluding tert-OH is 1. The zero-order valence-electron chi connectivity index (χ0n) is 5.32. The van der Waals surface area contributed by atoms with Gasteiger partial charge < -0.3 is 15.7 Å². The van der Waals surface area contributed by atoms with Gasteiger partial charge in [0.15, 0.2) is 7.37 Å². The molecule has 9 heavy (non-hydrogen) atoms. The largest absolute Gasteiger partial charge is 0.379 e. The Hall–Kier alpha value is 0.110. The van der Waals surface area contributed by atoms with Crippen molar-refractivity contribution < 1.29 is 14.6 Å². The van der Waals surface area contributed by atoms with E-state index >= 15 is 0 Å². The molecule has 5 heteroatoms. The number of aliphatic hydroxyl groups is 1. The molecule has 0 fully saturated rings. The van der Waals surface area contributed by atoms with Crippen LogP contribution in [0.5, 0.6) is 0 Å². The van der Waals surface area contributed by atoms with Crippen LogP contribution < -0.4 is 5.73 Å². The summed E-state index contributed by atoms with van der Waals surface area (Å²) >= 11 is 0. The lowest BCUT2D eigenvalue weighted by molar-refractivity contribution is 0.178. The summed E-state index contributed by atoms with van der Waals surface area (Å²) in [6.45, 7) is 1.25. The molecule has 0 spiro atoms. The average Bonchev–Trinajstić information content (AvgIpc) is 1.59. The van der Waals surface area contributed by atoms with Gasteiger partial charge in [0.25, 0.3) is 0 Å². The zero-order valence-corrected chi connectivity index (χ0v) is 6.21. The summed E-state index contributed by atoms with van der Waals surface area (Å²) in [5.74, 6) is 0. The molecule has 0 aromatic heterocycles. The van der Waals surface area contributed by atoms with Crippen molar-refractivity contribution >= 4 is 7.37 Å². The number of nitrogens with two attached hydrogens (primary N) is 1. The lowest BCUT2D eigenvalue weighted by Crippen LogP contribution is -2.19. The summed E-state index contributed by atoms with van der Waals surface area (Å²) in [7, 11) is -2.96. The summed E-state index contributed by atoms with van der Waals surface area (Å²) in [6.07, 6.45) is -0.694. The van der Waals surface area contributed by atoms with Crippen LogP contribution in [-0.2, 0) is 4.57 Å². The molecule has 0 aliphatic carbocycles. The van der Waals surface area contributed by atoms with Gasteiger partial charge in [0.1, 0.15) is 6.23 Å². The molecule has 0 aromatic carbocycles. The second kappa shape index (κ2) is 3.32. The standard InChI is InChI=1S/C4H12NO3P/c1-9(7,8)3-2-4(5)6/h4,6H,2-3,5H2,1H3,(H,7,8). The summed E-state index contributed by atoms with van der Waals surface area (Å²) in [5.41, 5.74) is 4.92. The molecule has 0 aliphatic heterocycles. The van der Waals surface area contributed by atoms with Crippen LogP contribution in [0.15, 0.2) is 0 Å². The lowest BCUT2D eigenvalue weighted by atomic mass is 10.4. The Morgan fingerprint density at radius 2 is 2.22 bits per heavy atom. The SMILES string of the molecule is CP(=O)(O)CCC(N)O. The van der Waals surface area contributed by atoms with Crippen molar-refractivity contribution in [2.45, 2.75) is 12.6 Å². The van der Waals surface area contributed by atoms with Crippen molar-refractivity contribution in [3.8, 4) is 0 Å². The molecule has 4 N–H and O–H groups in total. The molecule has 2 unspecified atom stereocenters. The molecule has 0 rings (SSSR count). The monoisotopic (exact) mass is 153 g/mol. The van der Waals surface area contributed by atoms with Crippen LogP contribution in [0.2, 0.25) is 0 Å². The maximum Gasteiger partial charge on any atom is 0.197 e. The normalized spacial score (nSPS) is 20.9. The molecule has 0 amide bonds. The van der Waals surface area contributed by atoms with E-state index in [1.807, 2.05) is 0 Å². The van der Waals surface area contributed by atoms with E-state index in [2.05, 4.69) is 0 Å². The van der Waals surface area contributed by atoms with E-state index in [0.717, 1.165) is 0 Å². The second-order valence-corrected chi connectivity index (χ2v) is 4.68. The first-order chi connectivity index (χ1) is 3.92. The van der Waals surface area contributed by atoms with Gasteiger partial charge in [-0.1, -0.05) is 0 Å². The average molecular weight is 153 g/mol. The van der Waals surface area contributed by atoms with Crippen LogP contribution in [0, 0.1) is 0 Å². The Bertz CT molecular complexity index is 119. The summed E-state index contributed by atoms with van der Waals surface area (Å²) in [4.78, 5) is 8.66. The van der Waals surface area contributed by atoms with Gasteiger partial charge in [0.05, 0.1) is 0 Å². The van der Waals surface area contributed by atoms with Crippen molar-refractivity contribution in [1.29, 1.82) is 0 Å². The van der Waals surface area contributed by atoms with Gasteiger partial charge in [-0.2, -0.15) is 0 Å². The van der Waals surface area contributed by atoms with Crippen molar-refractivity contribution in [2.75, 3.05) is 12.8 Å². The highest BCUT2D eigenvalue weighted by Crippen LogP contribution is 2.35. The minimum atomic E-state index is -2.96. The Balaban J connectivity index is 3.40. The molecule has 0 bridgehead atoms. The first kappa shape index (κ1) is 9.11. The topological polar surface area (TPSA) is 83.5 Å². The second-order valence-electron chi connectivity index (χ2n) is 2.13. The molecule has 56 valence electrons. The van der Waals surface area contributed by atoms with Crippen molar-refractivity contribution in [2.24, 2.45) is 5.73 Å². The number of hydrogen-bond acceptors (Lipinski definition) is 3. The third kappa shape index (κ3) is 8.11. The van der Waals surface area contributed by atoms with Gasteiger partial charge in [-0.05, 0) is 6.42 Å². The summed E-state index contributed by atoms with van der Waals surface area (Å²) in [6, 6.07) is 0. The minimum Gasteiger partial charge on any atom is -0.379 e. The Kier molecular flexibility index (Phi) is 3.36. The van der Waals surface area contributed by atoms with Crippen LogP contribution in [0.4, 0.5) is 0 Å². The fraction of sp³-hybridized carbons (Fsp3) is 1.00. The highest BCUT2D eigenvalue weighted by atomic mass is 31.2. The molecule has 0 aromatic rings. The van der Waals surface area contributed by atoms with Gasteiger partial charge in [-0.3, -0.25) is 4.57 Å². The van der Waals surface area contributed by atoms with Crippen LogP contribution in [0.1, 0.15) is 6.42 Å². The van der Waals surface area contributed by atoms with Gasteiger partial charge in [0.2, 0.25) is 0 Å². The van der Waals surface area contributed by atoms with Crippen molar-refractivity contribution in [3.63, 3.8) is 0 Å². The third-order valence-corrected chi connectivity index (χ3v) is 1.93. The molecule has 0 heterocycles. The van der Waals surface area contributed by atoms with Gasteiger partial charge >= 0.3 is 0 Å². The molecule has 2 atom stereocenters. The van der Waals surface area contributed by atoms with Crippen LogP contribution in [0.3, 0.4) is 0 Å². The molecular weight excluding hydrogens is 141 g/mol. The smallest absolute Gasteiger partial charge is 0.197 e. The first-order valence-electron chi connectivity index (χ1n) is 2.65. The highest BCUT2D eigenvalue weighted by Gasteiger charge is 2.10. The van der Waals surface area contributed by atoms with E-state index in [4.69, 9.17) is 15.7 Å². The molecule has 0 saturated carbocycles. The maximum atomic E-state index is 10.5. The summed E-state index contributed by atoms with van der Waals surface area (Å²) in [5, 5.41) is 8.46. The van der Waals surface area contributed by atoms with Crippen LogP contribution in [-0.4, -0.2) is 29.1 Å². The van der Waals surface area contributed by atoms with E-state index in [0.29, 0.717) is 0 Å². The van der Waals surface area contributed by atoms with Gasteiger partial charge in [0, 0.05) is 12.8 Å². The van der Waals surface area contributed by atoms with E-state index in [-0.39, 0.29) is 12.6 Å². The van der Waals surface area contributed by atoms with Crippen LogP contribution >= 0.6 is 7.37 Å². The molecular formula is C4H12NO3P. The Morgan fingerprint density at radius 1 is 1.78 bits per heavy atom. The third-order valence-electron chi connectivity index (χ3n) is 0.840. The van der Waals surface area contributed by atoms with Gasteiger partial charge in [-0.25, -0.2) is 0 Å². The Labute approximate surface area is 54.1 Å². The fourth-order valence-electron chi connectivity index (χ4n) is 0.372. The minimum absolute atomic E-state index is 0.0880. The van der Waals surface area contributed by atoms with E-state index in [1.54, 1.807) is 0 Å². The first-order valence-corrected chi connectivity index (χ1v) is 4.94. The van der Waals surface area contributed by atoms with Crippen molar-refractivity contribution in [3.05, 3.63) is 0 Å². The van der Waals surface area contributed by atoms with Gasteiger partial charge in [-0.15, -0.1) is 0 Å². The highest BCUT2D eigenvalue weighted by molar-refractivity contribution is 7.57. The number of hydrogen-bond donors (Lipinski definition) is 3. The van der Waals surface area contributed by atoms with E-state index in [1.165, 1.54) is 6.66 Å². The fourth-order valence-corrected chi connectivity index (χ4v) is 1.12. The number of rotatable bonds is 3. The predicted molar refractivity (Wildman–Crippen MR) is 35.4 cm³/mol. The molecule has 4 nitrogen and oxygen atoms in total. The zero-order chi connectivity index (χ0) is 7.49. The molecule has 0 saturated heterocycles. The van der Waals surface area contributed by atoms with E-state index < -0.39 is 13.6 Å². The van der Waals surface area contributed by atoms with E-state index in [9.17, 15) is 4.57 Å². The maximum absolute atomic E-state index is 10.5. The molecule has 0 aliphatic rings.